The zero-order valence-corrected chi connectivity index (χ0v) is 13.6. The summed E-state index contributed by atoms with van der Waals surface area (Å²) in [6.45, 7) is 5.25. The van der Waals surface area contributed by atoms with E-state index in [0.717, 1.165) is 31.7 Å². The van der Waals surface area contributed by atoms with Crippen LogP contribution in [0.1, 0.15) is 26.2 Å². The van der Waals surface area contributed by atoms with Crippen LogP contribution in [0.4, 0.5) is 5.69 Å². The largest absolute Gasteiger partial charge is 0.367 e. The van der Waals surface area contributed by atoms with Gasteiger partial charge in [0, 0.05) is 24.8 Å². The smallest absolute Gasteiger partial charge is 0.240 e. The molecular formula is C15H25N3O2S. The zero-order chi connectivity index (χ0) is 15.3. The Hall–Kier alpha value is -1.11. The summed E-state index contributed by atoms with van der Waals surface area (Å²) in [6.07, 6.45) is 3.45. The summed E-state index contributed by atoms with van der Waals surface area (Å²) < 4.78 is 25.9. The third-order valence-electron chi connectivity index (χ3n) is 3.92. The minimum atomic E-state index is -3.36. The predicted molar refractivity (Wildman–Crippen MR) is 86.2 cm³/mol. The third kappa shape index (κ3) is 3.96. The van der Waals surface area contributed by atoms with E-state index in [0.29, 0.717) is 10.9 Å². The normalized spacial score (nSPS) is 19.4. The summed E-state index contributed by atoms with van der Waals surface area (Å²) in [5.41, 5.74) is 1.10. The van der Waals surface area contributed by atoms with Crippen LogP contribution in [0.2, 0.25) is 0 Å². The highest BCUT2D eigenvalue weighted by atomic mass is 32.2. The van der Waals surface area contributed by atoms with Gasteiger partial charge in [0.05, 0.1) is 4.90 Å². The van der Waals surface area contributed by atoms with Gasteiger partial charge in [-0.1, -0.05) is 6.92 Å². The molecule has 1 aromatic rings. The fourth-order valence-corrected chi connectivity index (χ4v) is 3.53. The van der Waals surface area contributed by atoms with Crippen molar-refractivity contribution in [2.75, 3.05) is 31.6 Å². The summed E-state index contributed by atoms with van der Waals surface area (Å²) in [4.78, 5) is 2.70. The van der Waals surface area contributed by atoms with Gasteiger partial charge in [-0.15, -0.1) is 0 Å². The van der Waals surface area contributed by atoms with Crippen molar-refractivity contribution in [3.05, 3.63) is 24.3 Å². The van der Waals surface area contributed by atoms with Gasteiger partial charge < -0.3 is 10.2 Å². The van der Waals surface area contributed by atoms with Crippen molar-refractivity contribution in [2.24, 2.45) is 0 Å². The number of rotatable bonds is 6. The molecule has 0 aliphatic carbocycles. The van der Waals surface area contributed by atoms with Crippen molar-refractivity contribution in [1.29, 1.82) is 0 Å². The molecule has 0 saturated carbocycles. The van der Waals surface area contributed by atoms with Crippen LogP contribution in [-0.4, -0.2) is 41.1 Å². The fourth-order valence-electron chi connectivity index (χ4n) is 2.80. The summed E-state index contributed by atoms with van der Waals surface area (Å²) in [6, 6.07) is 7.67. The van der Waals surface area contributed by atoms with Crippen LogP contribution in [0.3, 0.4) is 0 Å². The Bertz CT molecular complexity index is 537. The second kappa shape index (κ2) is 7.24. The van der Waals surface area contributed by atoms with E-state index < -0.39 is 10.0 Å². The van der Waals surface area contributed by atoms with Gasteiger partial charge in [0.15, 0.2) is 0 Å². The third-order valence-corrected chi connectivity index (χ3v) is 5.35. The molecule has 1 atom stereocenters. The average molecular weight is 311 g/mol. The first kappa shape index (κ1) is 16.3. The number of hydrogen-bond acceptors (Lipinski definition) is 4. The number of nitrogens with one attached hydrogen (secondary N) is 2. The van der Waals surface area contributed by atoms with Crippen LogP contribution < -0.4 is 14.9 Å². The van der Waals surface area contributed by atoms with Gasteiger partial charge in [-0.2, -0.15) is 0 Å². The number of benzene rings is 1. The SMILES string of the molecule is CCCN(c1ccc(S(=O)(=O)NC)cc1)C1CCCNC1. The number of hydrogen-bond donors (Lipinski definition) is 2. The van der Waals surface area contributed by atoms with Gasteiger partial charge in [0.2, 0.25) is 10.0 Å². The average Bonchev–Trinajstić information content (AvgIpc) is 2.53. The molecule has 1 aliphatic heterocycles. The Morgan fingerprint density at radius 1 is 1.33 bits per heavy atom. The number of anilines is 1. The summed E-state index contributed by atoms with van der Waals surface area (Å²) in [5, 5.41) is 3.44. The number of sulfonamides is 1. The maximum Gasteiger partial charge on any atom is 0.240 e. The summed E-state index contributed by atoms with van der Waals surface area (Å²) in [5.74, 6) is 0. The predicted octanol–water partition coefficient (Wildman–Crippen LogP) is 1.56. The lowest BCUT2D eigenvalue weighted by atomic mass is 10.0. The van der Waals surface area contributed by atoms with Crippen molar-refractivity contribution in [1.82, 2.24) is 10.0 Å². The van der Waals surface area contributed by atoms with Gasteiger partial charge in [0.1, 0.15) is 0 Å². The molecule has 1 unspecified atom stereocenters. The molecule has 118 valence electrons. The van der Waals surface area contributed by atoms with Crippen molar-refractivity contribution < 1.29 is 8.42 Å². The van der Waals surface area contributed by atoms with Crippen LogP contribution in [0.15, 0.2) is 29.2 Å². The molecule has 6 heteroatoms. The van der Waals surface area contributed by atoms with Crippen molar-refractivity contribution in [2.45, 2.75) is 37.1 Å². The van der Waals surface area contributed by atoms with Crippen LogP contribution in [0.25, 0.3) is 0 Å². The van der Waals surface area contributed by atoms with E-state index >= 15 is 0 Å². The van der Waals surface area contributed by atoms with Crippen LogP contribution in [0.5, 0.6) is 0 Å². The van der Waals surface area contributed by atoms with Crippen molar-refractivity contribution in [3.63, 3.8) is 0 Å². The highest BCUT2D eigenvalue weighted by Gasteiger charge is 2.21. The van der Waals surface area contributed by atoms with Crippen LogP contribution >= 0.6 is 0 Å². The highest BCUT2D eigenvalue weighted by Crippen LogP contribution is 2.23. The zero-order valence-electron chi connectivity index (χ0n) is 12.8. The standard InChI is InChI=1S/C15H25N3O2S/c1-3-11-18(14-5-4-10-17-12-14)13-6-8-15(9-7-13)21(19,20)16-2/h6-9,14,16-17H,3-5,10-12H2,1-2H3. The van der Waals surface area contributed by atoms with E-state index in [1.165, 1.54) is 19.9 Å². The second-order valence-electron chi connectivity index (χ2n) is 5.40. The van der Waals surface area contributed by atoms with E-state index in [4.69, 9.17) is 0 Å². The Labute approximate surface area is 127 Å². The molecule has 1 aliphatic rings. The summed E-state index contributed by atoms with van der Waals surface area (Å²) in [7, 11) is -1.93. The lowest BCUT2D eigenvalue weighted by Gasteiger charge is -2.36. The topological polar surface area (TPSA) is 61.4 Å². The van der Waals surface area contributed by atoms with Gasteiger partial charge >= 0.3 is 0 Å². The van der Waals surface area contributed by atoms with Gasteiger partial charge in [-0.25, -0.2) is 13.1 Å². The molecule has 2 rings (SSSR count). The van der Waals surface area contributed by atoms with Gasteiger partial charge in [-0.05, 0) is 57.1 Å². The molecule has 1 saturated heterocycles. The molecule has 0 bridgehead atoms. The molecule has 0 aromatic heterocycles. The Morgan fingerprint density at radius 3 is 2.57 bits per heavy atom. The molecule has 1 aromatic carbocycles. The van der Waals surface area contributed by atoms with Crippen LogP contribution in [-0.2, 0) is 10.0 Å². The molecule has 1 heterocycles. The Kier molecular flexibility index (Phi) is 5.61. The van der Waals surface area contributed by atoms with E-state index in [9.17, 15) is 8.42 Å². The first-order chi connectivity index (χ1) is 10.1. The quantitative estimate of drug-likeness (QED) is 0.837. The molecular weight excluding hydrogens is 286 g/mol. The molecule has 21 heavy (non-hydrogen) atoms. The molecule has 2 N–H and O–H groups in total. The monoisotopic (exact) mass is 311 g/mol. The fraction of sp³-hybridized carbons (Fsp3) is 0.600. The number of nitrogens with zero attached hydrogens (tertiary/aromatic N) is 1. The molecule has 5 nitrogen and oxygen atoms in total. The Morgan fingerprint density at radius 2 is 2.05 bits per heavy atom. The molecule has 0 radical (unpaired) electrons. The summed E-state index contributed by atoms with van der Waals surface area (Å²) >= 11 is 0. The van der Waals surface area contributed by atoms with E-state index in [1.807, 2.05) is 12.1 Å². The maximum atomic E-state index is 11.8. The van der Waals surface area contributed by atoms with Crippen molar-refractivity contribution >= 4 is 15.7 Å². The first-order valence-electron chi connectivity index (χ1n) is 7.59. The number of piperidine rings is 1. The Balaban J connectivity index is 2.20. The van der Waals surface area contributed by atoms with Crippen molar-refractivity contribution in [3.8, 4) is 0 Å². The minimum Gasteiger partial charge on any atom is -0.367 e. The van der Waals surface area contributed by atoms with Crippen LogP contribution in [0, 0.1) is 0 Å². The molecule has 0 amide bonds. The van der Waals surface area contributed by atoms with E-state index in [1.54, 1.807) is 12.1 Å². The second-order valence-corrected chi connectivity index (χ2v) is 7.28. The van der Waals surface area contributed by atoms with E-state index in [-0.39, 0.29) is 0 Å². The van der Waals surface area contributed by atoms with E-state index in [2.05, 4.69) is 21.9 Å². The first-order valence-corrected chi connectivity index (χ1v) is 9.07. The lowest BCUT2D eigenvalue weighted by molar-refractivity contribution is 0.431. The lowest BCUT2D eigenvalue weighted by Crippen LogP contribution is -2.46. The molecule has 1 fully saturated rings. The van der Waals surface area contributed by atoms with Gasteiger partial charge in [-0.3, -0.25) is 0 Å². The maximum absolute atomic E-state index is 11.8. The highest BCUT2D eigenvalue weighted by molar-refractivity contribution is 7.89. The molecule has 0 spiro atoms. The van der Waals surface area contributed by atoms with Gasteiger partial charge in [0.25, 0.3) is 0 Å². The minimum absolute atomic E-state index is 0.312.